The SMILES string of the molecule is CCOc1ccc(S(=O)(=O)N(CC(=O)N(Cc2ccc(Cl)cc2)C(C)C(=O)NC)c2ccc(F)cc2)cc1. The molecule has 0 spiro atoms. The number of amides is 2. The van der Waals surface area contributed by atoms with Crippen molar-refractivity contribution in [2.45, 2.75) is 31.3 Å². The van der Waals surface area contributed by atoms with Gasteiger partial charge in [-0.25, -0.2) is 12.8 Å². The van der Waals surface area contributed by atoms with E-state index in [0.29, 0.717) is 22.9 Å². The summed E-state index contributed by atoms with van der Waals surface area (Å²) in [6.45, 7) is 3.17. The zero-order valence-corrected chi connectivity index (χ0v) is 22.8. The van der Waals surface area contributed by atoms with Gasteiger partial charge in [-0.2, -0.15) is 0 Å². The van der Waals surface area contributed by atoms with Gasteiger partial charge in [0, 0.05) is 18.6 Å². The van der Waals surface area contributed by atoms with Gasteiger partial charge in [0.2, 0.25) is 11.8 Å². The van der Waals surface area contributed by atoms with Crippen LogP contribution < -0.4 is 14.4 Å². The second kappa shape index (κ2) is 12.7. The molecule has 3 aromatic rings. The Hall–Kier alpha value is -3.63. The molecule has 3 aromatic carbocycles. The maximum atomic E-state index is 13.7. The fraction of sp³-hybridized carbons (Fsp3) is 0.259. The van der Waals surface area contributed by atoms with Crippen molar-refractivity contribution < 1.29 is 27.1 Å². The summed E-state index contributed by atoms with van der Waals surface area (Å²) in [6, 6.07) is 16.4. The summed E-state index contributed by atoms with van der Waals surface area (Å²) in [6.07, 6.45) is 0. The molecule has 0 aliphatic carbocycles. The minimum Gasteiger partial charge on any atom is -0.494 e. The third-order valence-corrected chi connectivity index (χ3v) is 7.84. The lowest BCUT2D eigenvalue weighted by Gasteiger charge is -2.31. The number of carbonyl (C=O) groups excluding carboxylic acids is 2. The summed E-state index contributed by atoms with van der Waals surface area (Å²) >= 11 is 5.98. The van der Waals surface area contributed by atoms with Crippen LogP contribution in [0.5, 0.6) is 5.75 Å². The summed E-state index contributed by atoms with van der Waals surface area (Å²) in [4.78, 5) is 27.4. The predicted molar refractivity (Wildman–Crippen MR) is 144 cm³/mol. The number of ether oxygens (including phenoxy) is 1. The van der Waals surface area contributed by atoms with E-state index in [4.69, 9.17) is 16.3 Å². The van der Waals surface area contributed by atoms with Crippen LogP contribution in [0.25, 0.3) is 0 Å². The van der Waals surface area contributed by atoms with E-state index in [2.05, 4.69) is 5.32 Å². The fourth-order valence-corrected chi connectivity index (χ4v) is 5.26. The van der Waals surface area contributed by atoms with Gasteiger partial charge < -0.3 is 15.0 Å². The van der Waals surface area contributed by atoms with Crippen LogP contribution in [0.1, 0.15) is 19.4 Å². The third kappa shape index (κ3) is 7.02. The molecule has 1 atom stereocenters. The fourth-order valence-electron chi connectivity index (χ4n) is 3.72. The number of carbonyl (C=O) groups is 2. The number of hydrogen-bond donors (Lipinski definition) is 1. The van der Waals surface area contributed by atoms with Crippen molar-refractivity contribution in [3.63, 3.8) is 0 Å². The Morgan fingerprint density at radius 3 is 2.16 bits per heavy atom. The Bertz CT molecular complexity index is 1350. The first-order valence-electron chi connectivity index (χ1n) is 11.8. The lowest BCUT2D eigenvalue weighted by molar-refractivity contribution is -0.139. The number of anilines is 1. The number of halogens is 2. The summed E-state index contributed by atoms with van der Waals surface area (Å²) in [7, 11) is -2.82. The van der Waals surface area contributed by atoms with E-state index < -0.39 is 40.2 Å². The molecule has 1 N–H and O–H groups in total. The normalized spacial score (nSPS) is 11.9. The zero-order valence-electron chi connectivity index (χ0n) is 21.2. The highest BCUT2D eigenvalue weighted by Gasteiger charge is 2.32. The number of nitrogens with zero attached hydrogens (tertiary/aromatic N) is 2. The van der Waals surface area contributed by atoms with Crippen LogP contribution in [0.15, 0.2) is 77.7 Å². The van der Waals surface area contributed by atoms with Gasteiger partial charge >= 0.3 is 0 Å². The maximum Gasteiger partial charge on any atom is 0.264 e. The maximum absolute atomic E-state index is 13.7. The molecule has 8 nitrogen and oxygen atoms in total. The zero-order chi connectivity index (χ0) is 27.9. The van der Waals surface area contributed by atoms with E-state index in [1.54, 1.807) is 31.2 Å². The number of likely N-dealkylation sites (N-methyl/N-ethyl adjacent to an activating group) is 1. The molecule has 0 aliphatic heterocycles. The molecule has 0 bridgehead atoms. The highest BCUT2D eigenvalue weighted by molar-refractivity contribution is 7.92. The van der Waals surface area contributed by atoms with Crippen LogP contribution >= 0.6 is 11.6 Å². The van der Waals surface area contributed by atoms with Crippen molar-refractivity contribution in [1.82, 2.24) is 10.2 Å². The topological polar surface area (TPSA) is 96.0 Å². The average Bonchev–Trinajstić information content (AvgIpc) is 2.91. The van der Waals surface area contributed by atoms with Gasteiger partial charge in [0.15, 0.2) is 0 Å². The van der Waals surface area contributed by atoms with Crippen molar-refractivity contribution in [2.75, 3.05) is 24.5 Å². The average molecular weight is 562 g/mol. The molecule has 1 unspecified atom stereocenters. The molecule has 0 fully saturated rings. The van der Waals surface area contributed by atoms with Crippen molar-refractivity contribution >= 4 is 39.1 Å². The van der Waals surface area contributed by atoms with Crippen molar-refractivity contribution in [1.29, 1.82) is 0 Å². The number of sulfonamides is 1. The highest BCUT2D eigenvalue weighted by Crippen LogP contribution is 2.26. The summed E-state index contributed by atoms with van der Waals surface area (Å²) in [5.41, 5.74) is 0.786. The van der Waals surface area contributed by atoms with Gasteiger partial charge in [-0.05, 0) is 80.1 Å². The van der Waals surface area contributed by atoms with Gasteiger partial charge in [0.1, 0.15) is 24.2 Å². The minimum atomic E-state index is -4.27. The molecule has 0 saturated heterocycles. The lowest BCUT2D eigenvalue weighted by Crippen LogP contribution is -2.50. The molecular weight excluding hydrogens is 533 g/mol. The van der Waals surface area contributed by atoms with Gasteiger partial charge in [-0.1, -0.05) is 23.7 Å². The standard InChI is InChI=1S/C27H29ClFN3O5S/c1-4-37-24-13-15-25(16-14-24)38(35,36)32(23-11-9-22(29)10-12-23)18-26(33)31(19(2)27(34)30-3)17-20-5-7-21(28)8-6-20/h5-16,19H,4,17-18H2,1-3H3,(H,30,34). The number of nitrogens with one attached hydrogen (secondary N) is 1. The second-order valence-electron chi connectivity index (χ2n) is 8.33. The van der Waals surface area contributed by atoms with E-state index in [1.807, 2.05) is 6.92 Å². The van der Waals surface area contributed by atoms with Crippen molar-refractivity contribution in [3.05, 3.63) is 89.2 Å². The largest absolute Gasteiger partial charge is 0.494 e. The Morgan fingerprint density at radius 1 is 1.00 bits per heavy atom. The molecule has 202 valence electrons. The molecule has 0 radical (unpaired) electrons. The Morgan fingerprint density at radius 2 is 1.61 bits per heavy atom. The Kier molecular flexibility index (Phi) is 9.71. The van der Waals surface area contributed by atoms with Crippen LogP contribution in [0.4, 0.5) is 10.1 Å². The van der Waals surface area contributed by atoms with Gasteiger partial charge in [-0.3, -0.25) is 13.9 Å². The molecule has 3 rings (SSSR count). The van der Waals surface area contributed by atoms with Gasteiger partial charge in [0.05, 0.1) is 17.2 Å². The Balaban J connectivity index is 2.00. The molecule has 0 heterocycles. The first-order chi connectivity index (χ1) is 18.1. The summed E-state index contributed by atoms with van der Waals surface area (Å²) < 4.78 is 47.4. The van der Waals surface area contributed by atoms with E-state index in [9.17, 15) is 22.4 Å². The van der Waals surface area contributed by atoms with E-state index in [0.717, 1.165) is 16.4 Å². The lowest BCUT2D eigenvalue weighted by atomic mass is 10.1. The number of rotatable bonds is 11. The molecule has 0 saturated carbocycles. The molecule has 11 heteroatoms. The van der Waals surface area contributed by atoms with Crippen LogP contribution in [0.2, 0.25) is 5.02 Å². The van der Waals surface area contributed by atoms with Crippen molar-refractivity contribution in [2.24, 2.45) is 0 Å². The first kappa shape index (κ1) is 28.9. The Labute approximate surface area is 227 Å². The van der Waals surface area contributed by atoms with Crippen molar-refractivity contribution in [3.8, 4) is 5.75 Å². The highest BCUT2D eigenvalue weighted by atomic mass is 35.5. The second-order valence-corrected chi connectivity index (χ2v) is 10.6. The molecule has 2 amide bonds. The molecular formula is C27H29ClFN3O5S. The summed E-state index contributed by atoms with van der Waals surface area (Å²) in [5, 5.41) is 3.03. The molecule has 0 aromatic heterocycles. The smallest absolute Gasteiger partial charge is 0.264 e. The van der Waals surface area contributed by atoms with Crippen LogP contribution in [-0.4, -0.2) is 51.4 Å². The monoisotopic (exact) mass is 561 g/mol. The van der Waals surface area contributed by atoms with Gasteiger partial charge in [0.25, 0.3) is 10.0 Å². The quantitative estimate of drug-likeness (QED) is 0.378. The first-order valence-corrected chi connectivity index (χ1v) is 13.6. The van der Waals surface area contributed by atoms with Gasteiger partial charge in [-0.15, -0.1) is 0 Å². The van der Waals surface area contributed by atoms with E-state index in [-0.39, 0.29) is 17.1 Å². The van der Waals surface area contributed by atoms with Crippen LogP contribution in [0.3, 0.4) is 0 Å². The van der Waals surface area contributed by atoms with E-state index in [1.165, 1.54) is 48.3 Å². The number of hydrogen-bond acceptors (Lipinski definition) is 5. The van der Waals surface area contributed by atoms with E-state index >= 15 is 0 Å². The predicted octanol–water partition coefficient (Wildman–Crippen LogP) is 4.24. The molecule has 0 aliphatic rings. The third-order valence-electron chi connectivity index (χ3n) is 5.80. The molecule has 38 heavy (non-hydrogen) atoms. The van der Waals surface area contributed by atoms with Crippen LogP contribution in [0, 0.1) is 5.82 Å². The number of benzene rings is 3. The summed E-state index contributed by atoms with van der Waals surface area (Å²) in [5.74, 6) is -1.12. The van der Waals surface area contributed by atoms with Crippen LogP contribution in [-0.2, 0) is 26.2 Å². The minimum absolute atomic E-state index is 0.0327.